The van der Waals surface area contributed by atoms with Gasteiger partial charge in [-0.25, -0.2) is 0 Å². The van der Waals surface area contributed by atoms with Crippen molar-refractivity contribution < 1.29 is 4.25 Å². The predicted octanol–water partition coefficient (Wildman–Crippen LogP) is 5.63. The average molecular weight is 348 g/mol. The van der Waals surface area contributed by atoms with Crippen molar-refractivity contribution in [3.8, 4) is 0 Å². The van der Waals surface area contributed by atoms with E-state index >= 15 is 0 Å². The zero-order chi connectivity index (χ0) is 17.8. The summed E-state index contributed by atoms with van der Waals surface area (Å²) in [6.45, 7) is 6.58. The van der Waals surface area contributed by atoms with Gasteiger partial charge in [0.25, 0.3) is 0 Å². The summed E-state index contributed by atoms with van der Waals surface area (Å²) in [4.78, 5) is 0. The van der Waals surface area contributed by atoms with Crippen LogP contribution in [-0.4, -0.2) is 17.3 Å². The largest absolute Gasteiger partial charge is 0.299 e. The molecule has 0 saturated heterocycles. The maximum Gasteiger partial charge on any atom is 0.177 e. The van der Waals surface area contributed by atoms with E-state index in [0.717, 1.165) is 17.3 Å². The molecule has 25 heavy (non-hydrogen) atoms. The van der Waals surface area contributed by atoms with Gasteiger partial charge in [-0.2, -0.15) is 0 Å². The number of quaternary nitrogens is 1. The van der Waals surface area contributed by atoms with E-state index in [2.05, 4.69) is 114 Å². The lowest BCUT2D eigenvalue weighted by atomic mass is 9.75. The first-order valence-electron chi connectivity index (χ1n) is 9.01. The smallest absolute Gasteiger partial charge is 0.177 e. The van der Waals surface area contributed by atoms with Crippen LogP contribution >= 0.6 is 9.39 Å². The van der Waals surface area contributed by atoms with E-state index in [1.165, 1.54) is 16.7 Å². The number of rotatable bonds is 6. The molecule has 0 radical (unpaired) electrons. The molecule has 1 atom stereocenters. The van der Waals surface area contributed by atoms with Gasteiger partial charge in [-0.15, -0.1) is 0 Å². The second-order valence-corrected chi connectivity index (χ2v) is 7.46. The fourth-order valence-electron chi connectivity index (χ4n) is 4.01. The minimum atomic E-state index is -0.266. The molecule has 3 aromatic rings. The van der Waals surface area contributed by atoms with E-state index in [-0.39, 0.29) is 5.54 Å². The number of hydrogen-bond acceptors (Lipinski definition) is 0. The Bertz CT molecular complexity index is 683. The highest BCUT2D eigenvalue weighted by Crippen LogP contribution is 2.49. The number of benzene rings is 3. The SMILES string of the molecule is CC[N+](P)(CC)C(c1ccccc1)(c1ccccc1)c1ccccc1. The standard InChI is InChI=1S/C23H27NP/c1-3-24(25,4-2)23(20-14-8-5-9-15-20,21-16-10-6-11-17-21)22-18-12-7-13-19-22/h5-19H,3-4,25H2,1-2H3/q+1. The summed E-state index contributed by atoms with van der Waals surface area (Å²) in [7, 11) is 3.17. The first-order chi connectivity index (χ1) is 12.2. The highest BCUT2D eigenvalue weighted by molar-refractivity contribution is 7.09. The lowest BCUT2D eigenvalue weighted by Crippen LogP contribution is -2.56. The molecule has 3 rings (SSSR count). The van der Waals surface area contributed by atoms with E-state index in [1.807, 2.05) is 0 Å². The zero-order valence-electron chi connectivity index (χ0n) is 15.1. The van der Waals surface area contributed by atoms with Crippen molar-refractivity contribution in [2.45, 2.75) is 19.4 Å². The molecule has 0 aliphatic rings. The Kier molecular flexibility index (Phi) is 5.37. The highest BCUT2D eigenvalue weighted by Gasteiger charge is 2.51. The van der Waals surface area contributed by atoms with Crippen LogP contribution in [0, 0.1) is 0 Å². The molecule has 128 valence electrons. The molecule has 0 saturated carbocycles. The van der Waals surface area contributed by atoms with E-state index in [1.54, 1.807) is 0 Å². The van der Waals surface area contributed by atoms with E-state index in [4.69, 9.17) is 0 Å². The van der Waals surface area contributed by atoms with Crippen molar-refractivity contribution in [1.29, 1.82) is 0 Å². The first kappa shape index (κ1) is 17.9. The molecule has 0 spiro atoms. The van der Waals surface area contributed by atoms with Gasteiger partial charge in [-0.05, 0) is 13.8 Å². The quantitative estimate of drug-likeness (QED) is 0.400. The van der Waals surface area contributed by atoms with Gasteiger partial charge in [-0.3, -0.25) is 4.25 Å². The Morgan fingerprint density at radius 2 is 0.880 bits per heavy atom. The minimum absolute atomic E-state index is 0.266. The molecule has 0 aromatic heterocycles. The summed E-state index contributed by atoms with van der Waals surface area (Å²) in [5.74, 6) is 0. The molecule has 3 aromatic carbocycles. The summed E-state index contributed by atoms with van der Waals surface area (Å²) in [5.41, 5.74) is 3.71. The van der Waals surface area contributed by atoms with Crippen LogP contribution in [0.5, 0.6) is 0 Å². The third kappa shape index (κ3) is 2.92. The zero-order valence-corrected chi connectivity index (χ0v) is 16.3. The molecule has 0 aliphatic carbocycles. The van der Waals surface area contributed by atoms with Crippen LogP contribution in [0.2, 0.25) is 0 Å². The second-order valence-electron chi connectivity index (χ2n) is 6.48. The van der Waals surface area contributed by atoms with Crippen LogP contribution in [0.1, 0.15) is 30.5 Å². The van der Waals surface area contributed by atoms with Gasteiger partial charge in [0.1, 0.15) is 0 Å². The van der Waals surface area contributed by atoms with Crippen LogP contribution in [-0.2, 0) is 5.54 Å². The lowest BCUT2D eigenvalue weighted by Gasteiger charge is -2.51. The van der Waals surface area contributed by atoms with Crippen LogP contribution in [0.25, 0.3) is 0 Å². The van der Waals surface area contributed by atoms with Crippen molar-refractivity contribution in [1.82, 2.24) is 0 Å². The van der Waals surface area contributed by atoms with Crippen molar-refractivity contribution in [3.05, 3.63) is 108 Å². The Balaban J connectivity index is 2.45. The molecule has 0 bridgehead atoms. The molecule has 0 fully saturated rings. The Hall–Kier alpha value is -1.95. The molecule has 0 N–H and O–H groups in total. The summed E-state index contributed by atoms with van der Waals surface area (Å²) < 4.78 is 0.838. The second kappa shape index (κ2) is 7.52. The summed E-state index contributed by atoms with van der Waals surface area (Å²) in [6.07, 6.45) is 0. The molecule has 0 heterocycles. The number of hydrogen-bond donors (Lipinski definition) is 0. The summed E-state index contributed by atoms with van der Waals surface area (Å²) in [6, 6.07) is 32.8. The summed E-state index contributed by atoms with van der Waals surface area (Å²) in [5, 5.41) is 0. The minimum Gasteiger partial charge on any atom is -0.299 e. The van der Waals surface area contributed by atoms with Gasteiger partial charge in [0, 0.05) is 16.7 Å². The van der Waals surface area contributed by atoms with Gasteiger partial charge in [-0.1, -0.05) is 91.0 Å². The van der Waals surface area contributed by atoms with Crippen LogP contribution in [0.15, 0.2) is 91.0 Å². The van der Waals surface area contributed by atoms with Crippen molar-refractivity contribution in [2.75, 3.05) is 13.1 Å². The number of nitrogens with zero attached hydrogens (tertiary/aromatic N) is 1. The fraction of sp³-hybridized carbons (Fsp3) is 0.217. The highest BCUT2D eigenvalue weighted by atomic mass is 31.0. The van der Waals surface area contributed by atoms with Crippen LogP contribution in [0.3, 0.4) is 0 Å². The monoisotopic (exact) mass is 348 g/mol. The van der Waals surface area contributed by atoms with Gasteiger partial charge >= 0.3 is 0 Å². The van der Waals surface area contributed by atoms with Gasteiger partial charge in [0.2, 0.25) is 0 Å². The molecule has 0 amide bonds. The third-order valence-corrected chi connectivity index (χ3v) is 6.49. The predicted molar refractivity (Wildman–Crippen MR) is 110 cm³/mol. The lowest BCUT2D eigenvalue weighted by molar-refractivity contribution is -0.847. The molecular weight excluding hydrogens is 321 g/mol. The van der Waals surface area contributed by atoms with E-state index in [9.17, 15) is 0 Å². The van der Waals surface area contributed by atoms with E-state index < -0.39 is 0 Å². The fourth-order valence-corrected chi connectivity index (χ4v) is 4.45. The van der Waals surface area contributed by atoms with Gasteiger partial charge in [0.05, 0.1) is 22.5 Å². The molecule has 0 aliphatic heterocycles. The van der Waals surface area contributed by atoms with Crippen molar-refractivity contribution >= 4 is 9.39 Å². The third-order valence-electron chi connectivity index (χ3n) is 5.37. The Morgan fingerprint density at radius 3 is 1.12 bits per heavy atom. The van der Waals surface area contributed by atoms with Crippen LogP contribution < -0.4 is 0 Å². The first-order valence-corrected chi connectivity index (χ1v) is 9.53. The topological polar surface area (TPSA) is 0 Å². The molecule has 2 heteroatoms. The molecular formula is C23H27NP+. The maximum absolute atomic E-state index is 3.17. The van der Waals surface area contributed by atoms with Crippen molar-refractivity contribution in [3.63, 3.8) is 0 Å². The Labute approximate surface area is 154 Å². The molecule has 1 unspecified atom stereocenters. The van der Waals surface area contributed by atoms with Crippen molar-refractivity contribution in [2.24, 2.45) is 0 Å². The van der Waals surface area contributed by atoms with Gasteiger partial charge < -0.3 is 0 Å². The normalized spacial score (nSPS) is 12.1. The Morgan fingerprint density at radius 1 is 0.600 bits per heavy atom. The summed E-state index contributed by atoms with van der Waals surface area (Å²) >= 11 is 0. The maximum atomic E-state index is 3.17. The van der Waals surface area contributed by atoms with Crippen LogP contribution in [0.4, 0.5) is 0 Å². The average Bonchev–Trinajstić information content (AvgIpc) is 2.71. The van der Waals surface area contributed by atoms with E-state index in [0.29, 0.717) is 0 Å². The van der Waals surface area contributed by atoms with Gasteiger partial charge in [0.15, 0.2) is 5.54 Å². The molecule has 1 nitrogen and oxygen atoms in total.